The van der Waals surface area contributed by atoms with Crippen LogP contribution in [0.4, 0.5) is 0 Å². The van der Waals surface area contributed by atoms with Gasteiger partial charge in [0.2, 0.25) is 10.0 Å². The van der Waals surface area contributed by atoms with Crippen molar-refractivity contribution in [1.29, 1.82) is 0 Å². The standard InChI is InChI=1S/C11H13BrCl2N2O2S/c12-6-4-7(13)11(8(14)5-6)19(17,18)16-10-3-1-2-9(10)15/h4-5,9-10,16H,1-3,15H2. The van der Waals surface area contributed by atoms with E-state index in [-0.39, 0.29) is 27.0 Å². The summed E-state index contributed by atoms with van der Waals surface area (Å²) in [5, 5.41) is 0.164. The van der Waals surface area contributed by atoms with E-state index in [2.05, 4.69) is 20.7 Å². The average Bonchev–Trinajstić information content (AvgIpc) is 2.61. The number of halogens is 3. The smallest absolute Gasteiger partial charge is 0.243 e. The Kier molecular flexibility index (Phi) is 4.80. The fourth-order valence-corrected chi connectivity index (χ4v) is 5.44. The second-order valence-corrected chi connectivity index (χ2v) is 7.90. The van der Waals surface area contributed by atoms with Crippen LogP contribution in [0.15, 0.2) is 21.5 Å². The van der Waals surface area contributed by atoms with Gasteiger partial charge in [-0.3, -0.25) is 0 Å². The highest BCUT2D eigenvalue weighted by atomic mass is 79.9. The van der Waals surface area contributed by atoms with Crippen LogP contribution in [0.25, 0.3) is 0 Å². The van der Waals surface area contributed by atoms with E-state index in [4.69, 9.17) is 28.9 Å². The maximum atomic E-state index is 12.3. The molecule has 2 unspecified atom stereocenters. The van der Waals surface area contributed by atoms with E-state index in [0.717, 1.165) is 19.3 Å². The molecule has 0 amide bonds. The monoisotopic (exact) mass is 386 g/mol. The Morgan fingerprint density at radius 3 is 2.32 bits per heavy atom. The van der Waals surface area contributed by atoms with Gasteiger partial charge in [-0.15, -0.1) is 0 Å². The summed E-state index contributed by atoms with van der Waals surface area (Å²) in [5.74, 6) is 0. The third-order valence-electron chi connectivity index (χ3n) is 3.11. The molecule has 1 fully saturated rings. The Hall–Kier alpha value is 0.150. The Bertz CT molecular complexity index is 571. The lowest BCUT2D eigenvalue weighted by Gasteiger charge is -2.18. The van der Waals surface area contributed by atoms with Crippen LogP contribution in [-0.2, 0) is 10.0 Å². The summed E-state index contributed by atoms with van der Waals surface area (Å²) in [4.78, 5) is -0.0990. The molecule has 0 spiro atoms. The van der Waals surface area contributed by atoms with Crippen LogP contribution in [0.1, 0.15) is 19.3 Å². The second-order valence-electron chi connectivity index (χ2n) is 4.52. The van der Waals surface area contributed by atoms with Crippen LogP contribution < -0.4 is 10.5 Å². The van der Waals surface area contributed by atoms with Gasteiger partial charge in [0.05, 0.1) is 10.0 Å². The van der Waals surface area contributed by atoms with Gasteiger partial charge in [-0.05, 0) is 25.0 Å². The fourth-order valence-electron chi connectivity index (χ4n) is 2.18. The van der Waals surface area contributed by atoms with Crippen LogP contribution in [0.2, 0.25) is 10.0 Å². The zero-order valence-electron chi connectivity index (χ0n) is 9.87. The third-order valence-corrected chi connectivity index (χ3v) is 5.98. The van der Waals surface area contributed by atoms with Crippen molar-refractivity contribution in [2.45, 2.75) is 36.2 Å². The fraction of sp³-hybridized carbons (Fsp3) is 0.455. The molecule has 0 heterocycles. The van der Waals surface area contributed by atoms with E-state index >= 15 is 0 Å². The van der Waals surface area contributed by atoms with Gasteiger partial charge in [0.25, 0.3) is 0 Å². The Morgan fingerprint density at radius 2 is 1.84 bits per heavy atom. The van der Waals surface area contributed by atoms with Crippen molar-refractivity contribution in [3.8, 4) is 0 Å². The second kappa shape index (κ2) is 5.87. The highest BCUT2D eigenvalue weighted by molar-refractivity contribution is 9.10. The number of hydrogen-bond donors (Lipinski definition) is 2. The molecule has 0 saturated heterocycles. The van der Waals surface area contributed by atoms with Crippen molar-refractivity contribution in [2.75, 3.05) is 0 Å². The maximum absolute atomic E-state index is 12.3. The highest BCUT2D eigenvalue weighted by Crippen LogP contribution is 2.33. The van der Waals surface area contributed by atoms with Gasteiger partial charge in [0.15, 0.2) is 0 Å². The van der Waals surface area contributed by atoms with E-state index in [9.17, 15) is 8.42 Å². The molecular formula is C11H13BrCl2N2O2S. The lowest BCUT2D eigenvalue weighted by Crippen LogP contribution is -2.44. The predicted octanol–water partition coefficient (Wildman–Crippen LogP) is 2.91. The highest BCUT2D eigenvalue weighted by Gasteiger charge is 2.31. The van der Waals surface area contributed by atoms with Crippen molar-refractivity contribution < 1.29 is 8.42 Å². The maximum Gasteiger partial charge on any atom is 0.243 e. The molecule has 1 aromatic rings. The van der Waals surface area contributed by atoms with Crippen molar-refractivity contribution in [2.24, 2.45) is 5.73 Å². The van der Waals surface area contributed by atoms with Crippen LogP contribution in [0.5, 0.6) is 0 Å². The summed E-state index contributed by atoms with van der Waals surface area (Å²) >= 11 is 15.2. The molecule has 0 radical (unpaired) electrons. The molecule has 8 heteroatoms. The van der Waals surface area contributed by atoms with E-state index in [1.807, 2.05) is 0 Å². The van der Waals surface area contributed by atoms with Crippen LogP contribution in [0.3, 0.4) is 0 Å². The zero-order chi connectivity index (χ0) is 14.2. The first-order chi connectivity index (χ1) is 8.81. The summed E-state index contributed by atoms with van der Waals surface area (Å²) in [5.41, 5.74) is 5.86. The minimum Gasteiger partial charge on any atom is -0.326 e. The number of nitrogens with one attached hydrogen (secondary N) is 1. The van der Waals surface area contributed by atoms with Crippen molar-refractivity contribution >= 4 is 49.2 Å². The third kappa shape index (κ3) is 3.43. The SMILES string of the molecule is NC1CCCC1NS(=O)(=O)c1c(Cl)cc(Br)cc1Cl. The molecule has 106 valence electrons. The number of sulfonamides is 1. The van der Waals surface area contributed by atoms with Gasteiger partial charge in [-0.2, -0.15) is 0 Å². The lowest BCUT2D eigenvalue weighted by molar-refractivity contribution is 0.522. The van der Waals surface area contributed by atoms with Gasteiger partial charge in [-0.1, -0.05) is 45.6 Å². The van der Waals surface area contributed by atoms with Crippen LogP contribution >= 0.6 is 39.1 Å². The number of benzene rings is 1. The molecule has 2 atom stereocenters. The zero-order valence-corrected chi connectivity index (χ0v) is 13.8. The minimum absolute atomic E-state index is 0.0819. The summed E-state index contributed by atoms with van der Waals surface area (Å²) < 4.78 is 27.9. The topological polar surface area (TPSA) is 72.2 Å². The molecule has 0 aromatic heterocycles. The van der Waals surface area contributed by atoms with Crippen LogP contribution in [-0.4, -0.2) is 20.5 Å². The lowest BCUT2D eigenvalue weighted by atomic mass is 10.2. The molecule has 3 N–H and O–H groups in total. The van der Waals surface area contributed by atoms with Crippen molar-refractivity contribution in [1.82, 2.24) is 4.72 Å². The Morgan fingerprint density at radius 1 is 1.26 bits per heavy atom. The average molecular weight is 388 g/mol. The van der Waals surface area contributed by atoms with E-state index in [1.54, 1.807) is 0 Å². The van der Waals surface area contributed by atoms with Gasteiger partial charge in [0, 0.05) is 16.6 Å². The van der Waals surface area contributed by atoms with Crippen molar-refractivity contribution in [3.05, 3.63) is 26.7 Å². The van der Waals surface area contributed by atoms with Gasteiger partial charge >= 0.3 is 0 Å². The van der Waals surface area contributed by atoms with E-state index in [0.29, 0.717) is 4.47 Å². The first-order valence-corrected chi connectivity index (χ1v) is 8.77. The molecule has 19 heavy (non-hydrogen) atoms. The Labute approximate surface area is 130 Å². The van der Waals surface area contributed by atoms with Crippen LogP contribution in [0, 0.1) is 0 Å². The first kappa shape index (κ1) is 15.5. The number of rotatable bonds is 3. The summed E-state index contributed by atoms with van der Waals surface area (Å²) in [7, 11) is -3.77. The molecule has 1 aromatic carbocycles. The Balaban J connectivity index is 2.34. The van der Waals surface area contributed by atoms with Gasteiger partial charge in [-0.25, -0.2) is 13.1 Å². The molecule has 1 aliphatic carbocycles. The molecule has 1 aliphatic rings. The quantitative estimate of drug-likeness (QED) is 0.837. The summed E-state index contributed by atoms with van der Waals surface area (Å²) in [6.07, 6.45) is 2.46. The molecule has 4 nitrogen and oxygen atoms in total. The summed E-state index contributed by atoms with van der Waals surface area (Å²) in [6, 6.07) is 2.57. The molecular weight excluding hydrogens is 375 g/mol. The molecule has 2 rings (SSSR count). The number of hydrogen-bond acceptors (Lipinski definition) is 3. The van der Waals surface area contributed by atoms with Gasteiger partial charge in [0.1, 0.15) is 4.90 Å². The molecule has 0 bridgehead atoms. The van der Waals surface area contributed by atoms with E-state index in [1.165, 1.54) is 12.1 Å². The van der Waals surface area contributed by atoms with Crippen molar-refractivity contribution in [3.63, 3.8) is 0 Å². The van der Waals surface area contributed by atoms with Gasteiger partial charge < -0.3 is 5.73 Å². The largest absolute Gasteiger partial charge is 0.326 e. The molecule has 0 aliphatic heterocycles. The van der Waals surface area contributed by atoms with E-state index < -0.39 is 10.0 Å². The minimum atomic E-state index is -3.77. The number of nitrogens with two attached hydrogens (primary N) is 1. The predicted molar refractivity (Wildman–Crippen MR) is 80.1 cm³/mol. The molecule has 1 saturated carbocycles. The first-order valence-electron chi connectivity index (χ1n) is 5.74. The normalized spacial score (nSPS) is 23.8. The summed E-state index contributed by atoms with van der Waals surface area (Å²) in [6.45, 7) is 0.